The van der Waals surface area contributed by atoms with Gasteiger partial charge in [-0.3, -0.25) is 14.2 Å². The van der Waals surface area contributed by atoms with E-state index >= 15 is 0 Å². The lowest BCUT2D eigenvalue weighted by atomic mass is 10.0. The largest absolute Gasteiger partial charge is 0.756 e. The van der Waals surface area contributed by atoms with Crippen LogP contribution in [0.2, 0.25) is 0 Å². The summed E-state index contributed by atoms with van der Waals surface area (Å²) in [6.45, 7) is 4.09. The molecule has 0 radical (unpaired) electrons. The molecular formula is C54H100NO8P. The number of hydrogen-bond donors (Lipinski definition) is 0. The number of rotatable bonds is 48. The van der Waals surface area contributed by atoms with Crippen LogP contribution in [-0.4, -0.2) is 70.0 Å². The van der Waals surface area contributed by atoms with E-state index in [0.29, 0.717) is 17.4 Å². The van der Waals surface area contributed by atoms with Crippen molar-refractivity contribution in [1.82, 2.24) is 0 Å². The minimum atomic E-state index is -4.64. The van der Waals surface area contributed by atoms with Gasteiger partial charge in [-0.15, -0.1) is 0 Å². The Kier molecular flexibility index (Phi) is 44.6. The van der Waals surface area contributed by atoms with E-state index < -0.39 is 32.5 Å². The van der Waals surface area contributed by atoms with E-state index in [9.17, 15) is 19.0 Å². The summed E-state index contributed by atoms with van der Waals surface area (Å²) >= 11 is 0. The molecule has 0 aromatic rings. The van der Waals surface area contributed by atoms with Crippen molar-refractivity contribution < 1.29 is 42.1 Å². The molecule has 0 bridgehead atoms. The van der Waals surface area contributed by atoms with Crippen LogP contribution in [0.1, 0.15) is 232 Å². The van der Waals surface area contributed by atoms with Crippen LogP contribution in [0.3, 0.4) is 0 Å². The molecule has 0 aliphatic carbocycles. The SMILES string of the molecule is CC/C=C\C/C=C\C/C=C\C/C=C\CCCCC(=O)OC(COC(=O)CCCCCCCCCCCCCCCCCCCCCCCCCCC)COP(=O)([O-])OCC[N+](C)(C)C. The lowest BCUT2D eigenvalue weighted by Crippen LogP contribution is -2.37. The number of carbonyl (C=O) groups excluding carboxylic acids is 2. The second-order valence-corrected chi connectivity index (χ2v) is 20.3. The molecule has 0 aliphatic heterocycles. The summed E-state index contributed by atoms with van der Waals surface area (Å²) in [6.07, 6.45) is 56.0. The van der Waals surface area contributed by atoms with Crippen molar-refractivity contribution in [2.24, 2.45) is 0 Å². The second-order valence-electron chi connectivity index (χ2n) is 18.9. The summed E-state index contributed by atoms with van der Waals surface area (Å²) in [7, 11) is 1.14. The van der Waals surface area contributed by atoms with Gasteiger partial charge in [-0.05, 0) is 51.4 Å². The average Bonchev–Trinajstić information content (AvgIpc) is 3.25. The van der Waals surface area contributed by atoms with Crippen LogP contribution < -0.4 is 4.89 Å². The zero-order valence-electron chi connectivity index (χ0n) is 42.2. The zero-order valence-corrected chi connectivity index (χ0v) is 43.1. The minimum absolute atomic E-state index is 0.0391. The molecule has 10 heteroatoms. The fraction of sp³-hybridized carbons (Fsp3) is 0.815. The maximum Gasteiger partial charge on any atom is 0.306 e. The minimum Gasteiger partial charge on any atom is -0.756 e. The van der Waals surface area contributed by atoms with Gasteiger partial charge in [0, 0.05) is 12.8 Å². The number of allylic oxidation sites excluding steroid dienone is 8. The van der Waals surface area contributed by atoms with E-state index in [2.05, 4.69) is 62.5 Å². The van der Waals surface area contributed by atoms with Crippen molar-refractivity contribution in [1.29, 1.82) is 0 Å². The molecule has 0 amide bonds. The zero-order chi connectivity index (χ0) is 47.1. The third kappa shape index (κ3) is 49.4. The van der Waals surface area contributed by atoms with E-state index in [1.165, 1.54) is 141 Å². The molecule has 9 nitrogen and oxygen atoms in total. The van der Waals surface area contributed by atoms with Gasteiger partial charge in [0.1, 0.15) is 19.8 Å². The highest BCUT2D eigenvalue weighted by Gasteiger charge is 2.21. The number of esters is 2. The van der Waals surface area contributed by atoms with E-state index in [0.717, 1.165) is 57.8 Å². The van der Waals surface area contributed by atoms with Gasteiger partial charge < -0.3 is 27.9 Å². The summed E-state index contributed by atoms with van der Waals surface area (Å²) in [5, 5.41) is 0. The molecule has 0 heterocycles. The Bertz CT molecular complexity index is 1230. The molecule has 64 heavy (non-hydrogen) atoms. The molecule has 0 fully saturated rings. The molecule has 2 unspecified atom stereocenters. The monoisotopic (exact) mass is 922 g/mol. The standard InChI is InChI=1S/C54H100NO8P/c1-6-8-10-12-14-16-18-20-22-23-24-25-26-27-28-29-30-31-33-34-36-38-40-42-44-46-53(56)60-50-52(51-62-64(58,59)61-49-48-55(3,4)5)63-54(57)47-45-43-41-39-37-35-32-21-19-17-15-13-11-9-7-2/h9,11,15,17,21,32,37,39,52H,6-8,10,12-14,16,18-20,22-31,33-36,38,40-51H2,1-5H3/b11-9-,17-15-,32-21-,39-37-. The molecule has 0 aromatic carbocycles. The van der Waals surface area contributed by atoms with Crippen molar-refractivity contribution in [3.63, 3.8) is 0 Å². The topological polar surface area (TPSA) is 111 Å². The summed E-state index contributed by atoms with van der Waals surface area (Å²) < 4.78 is 34.0. The van der Waals surface area contributed by atoms with Crippen LogP contribution in [0.25, 0.3) is 0 Å². The van der Waals surface area contributed by atoms with Gasteiger partial charge in [0.15, 0.2) is 6.10 Å². The predicted octanol–water partition coefficient (Wildman–Crippen LogP) is 15.2. The van der Waals surface area contributed by atoms with Gasteiger partial charge in [0.05, 0.1) is 27.7 Å². The van der Waals surface area contributed by atoms with Crippen molar-refractivity contribution in [2.75, 3.05) is 47.5 Å². The Balaban J connectivity index is 4.17. The van der Waals surface area contributed by atoms with Crippen molar-refractivity contribution in [2.45, 2.75) is 238 Å². The summed E-state index contributed by atoms with van der Waals surface area (Å²) in [5.74, 6) is -0.876. The Morgan fingerprint density at radius 2 is 0.891 bits per heavy atom. The molecular weight excluding hydrogens is 822 g/mol. The Morgan fingerprint density at radius 3 is 1.33 bits per heavy atom. The molecule has 0 aliphatic rings. The highest BCUT2D eigenvalue weighted by molar-refractivity contribution is 7.45. The van der Waals surface area contributed by atoms with Crippen LogP contribution in [-0.2, 0) is 32.7 Å². The van der Waals surface area contributed by atoms with Crippen molar-refractivity contribution in [3.05, 3.63) is 48.6 Å². The highest BCUT2D eigenvalue weighted by Crippen LogP contribution is 2.38. The molecule has 0 saturated carbocycles. The van der Waals surface area contributed by atoms with Crippen molar-refractivity contribution >= 4 is 19.8 Å². The second kappa shape index (κ2) is 46.1. The van der Waals surface area contributed by atoms with Gasteiger partial charge in [-0.2, -0.15) is 0 Å². The lowest BCUT2D eigenvalue weighted by molar-refractivity contribution is -0.870. The van der Waals surface area contributed by atoms with Crippen LogP contribution >= 0.6 is 7.82 Å². The Hall–Kier alpha value is -2.03. The number of nitrogens with zero attached hydrogens (tertiary/aromatic N) is 1. The van der Waals surface area contributed by atoms with E-state index in [-0.39, 0.29) is 26.1 Å². The van der Waals surface area contributed by atoms with Gasteiger partial charge in [-0.1, -0.05) is 217 Å². The van der Waals surface area contributed by atoms with Gasteiger partial charge in [0.25, 0.3) is 7.82 Å². The first-order valence-corrected chi connectivity index (χ1v) is 27.8. The van der Waals surface area contributed by atoms with E-state index in [1.54, 1.807) is 0 Å². The quantitative estimate of drug-likeness (QED) is 0.0195. The van der Waals surface area contributed by atoms with Gasteiger partial charge >= 0.3 is 11.9 Å². The van der Waals surface area contributed by atoms with Crippen LogP contribution in [0.15, 0.2) is 48.6 Å². The maximum atomic E-state index is 12.7. The first-order valence-electron chi connectivity index (χ1n) is 26.3. The molecule has 0 N–H and O–H groups in total. The average molecular weight is 922 g/mol. The lowest BCUT2D eigenvalue weighted by Gasteiger charge is -2.28. The van der Waals surface area contributed by atoms with Crippen molar-refractivity contribution in [3.8, 4) is 0 Å². The first-order chi connectivity index (χ1) is 31.0. The summed E-state index contributed by atoms with van der Waals surface area (Å²) in [4.78, 5) is 37.7. The summed E-state index contributed by atoms with van der Waals surface area (Å²) in [6, 6.07) is 0. The number of ether oxygens (including phenoxy) is 2. The highest BCUT2D eigenvalue weighted by atomic mass is 31.2. The molecule has 2 atom stereocenters. The molecule has 374 valence electrons. The predicted molar refractivity (Wildman–Crippen MR) is 268 cm³/mol. The third-order valence-electron chi connectivity index (χ3n) is 11.4. The fourth-order valence-corrected chi connectivity index (χ4v) is 8.02. The normalized spacial score (nSPS) is 13.8. The number of unbranched alkanes of at least 4 members (excludes halogenated alkanes) is 26. The van der Waals surface area contributed by atoms with Gasteiger partial charge in [-0.25, -0.2) is 0 Å². The number of quaternary nitrogens is 1. The van der Waals surface area contributed by atoms with E-state index in [1.807, 2.05) is 21.1 Å². The summed E-state index contributed by atoms with van der Waals surface area (Å²) in [5.41, 5.74) is 0. The molecule has 0 saturated heterocycles. The fourth-order valence-electron chi connectivity index (χ4n) is 7.29. The first kappa shape index (κ1) is 62.0. The molecule has 0 spiro atoms. The molecule has 0 rings (SSSR count). The van der Waals surface area contributed by atoms with Crippen LogP contribution in [0.4, 0.5) is 0 Å². The number of phosphoric acid groups is 1. The number of hydrogen-bond acceptors (Lipinski definition) is 8. The van der Waals surface area contributed by atoms with Gasteiger partial charge in [0.2, 0.25) is 0 Å². The smallest absolute Gasteiger partial charge is 0.306 e. The maximum absolute atomic E-state index is 12.7. The Labute approximate surface area is 394 Å². The third-order valence-corrected chi connectivity index (χ3v) is 12.3. The van der Waals surface area contributed by atoms with E-state index in [4.69, 9.17) is 18.5 Å². The number of likely N-dealkylation sites (N-methyl/N-ethyl adjacent to an activating group) is 1. The number of phosphoric ester groups is 1. The Morgan fingerprint density at radius 1 is 0.500 bits per heavy atom. The van der Waals surface area contributed by atoms with Crippen LogP contribution in [0.5, 0.6) is 0 Å². The van der Waals surface area contributed by atoms with Crippen LogP contribution in [0, 0.1) is 0 Å². The molecule has 0 aromatic heterocycles. The number of carbonyl (C=O) groups is 2.